The molecule has 0 bridgehead atoms. The molecule has 0 aliphatic carbocycles. The van der Waals surface area contributed by atoms with Crippen molar-refractivity contribution in [3.8, 4) is 5.69 Å². The van der Waals surface area contributed by atoms with Crippen LogP contribution in [0.3, 0.4) is 0 Å². The summed E-state index contributed by atoms with van der Waals surface area (Å²) in [4.78, 5) is 16.5. The highest BCUT2D eigenvalue weighted by molar-refractivity contribution is 7.92. The third-order valence-electron chi connectivity index (χ3n) is 4.48. The molecule has 0 unspecified atom stereocenters. The number of aryl methyl sites for hydroxylation is 1. The summed E-state index contributed by atoms with van der Waals surface area (Å²) >= 11 is 0. The first-order valence-corrected chi connectivity index (χ1v) is 10.5. The van der Waals surface area contributed by atoms with E-state index in [0.29, 0.717) is 17.8 Å². The van der Waals surface area contributed by atoms with Gasteiger partial charge in [0.05, 0.1) is 11.9 Å². The first kappa shape index (κ1) is 19.6. The van der Waals surface area contributed by atoms with Gasteiger partial charge in [-0.05, 0) is 48.9 Å². The summed E-state index contributed by atoms with van der Waals surface area (Å²) in [5.41, 5.74) is 2.96. The van der Waals surface area contributed by atoms with Gasteiger partial charge < -0.3 is 9.88 Å². The maximum Gasteiger partial charge on any atom is 0.251 e. The van der Waals surface area contributed by atoms with Gasteiger partial charge in [-0.15, -0.1) is 0 Å². The number of nitrogens with zero attached hydrogens (tertiary/aromatic N) is 3. The molecule has 3 rings (SSSR count). The first-order valence-electron chi connectivity index (χ1n) is 8.67. The van der Waals surface area contributed by atoms with Gasteiger partial charge in [0.2, 0.25) is 10.0 Å². The van der Waals surface area contributed by atoms with Crippen molar-refractivity contribution in [3.63, 3.8) is 0 Å². The van der Waals surface area contributed by atoms with E-state index in [4.69, 9.17) is 0 Å². The average molecular weight is 398 g/mol. The van der Waals surface area contributed by atoms with Crippen molar-refractivity contribution in [1.82, 2.24) is 14.9 Å². The summed E-state index contributed by atoms with van der Waals surface area (Å²) in [6, 6.07) is 14.3. The molecule has 8 heteroatoms. The number of hydrogen-bond acceptors (Lipinski definition) is 4. The fourth-order valence-corrected chi connectivity index (χ4v) is 3.23. The predicted octanol–water partition coefficient (Wildman–Crippen LogP) is 2.51. The van der Waals surface area contributed by atoms with Crippen molar-refractivity contribution in [1.29, 1.82) is 0 Å². The molecule has 1 aromatic heterocycles. The number of hydrogen-bond donors (Lipinski definition) is 1. The number of aromatic nitrogens is 2. The number of rotatable bonds is 6. The van der Waals surface area contributed by atoms with Crippen LogP contribution in [-0.4, -0.2) is 37.2 Å². The van der Waals surface area contributed by atoms with Crippen LogP contribution in [0.4, 0.5) is 5.69 Å². The van der Waals surface area contributed by atoms with E-state index in [1.54, 1.807) is 30.5 Å². The minimum atomic E-state index is -3.33. The van der Waals surface area contributed by atoms with E-state index in [1.807, 2.05) is 42.0 Å². The molecular formula is C20H22N4O3S. The summed E-state index contributed by atoms with van der Waals surface area (Å²) in [5.74, 6) is 0.689. The Labute approximate surface area is 164 Å². The Kier molecular flexibility index (Phi) is 5.51. The molecule has 2 aromatic carbocycles. The predicted molar refractivity (Wildman–Crippen MR) is 109 cm³/mol. The Morgan fingerprint density at radius 2 is 1.75 bits per heavy atom. The molecule has 0 saturated heterocycles. The maximum atomic E-state index is 12.3. The second-order valence-electron chi connectivity index (χ2n) is 6.47. The van der Waals surface area contributed by atoms with Gasteiger partial charge in [-0.1, -0.05) is 12.1 Å². The second kappa shape index (κ2) is 7.85. The van der Waals surface area contributed by atoms with E-state index < -0.39 is 10.0 Å². The van der Waals surface area contributed by atoms with Gasteiger partial charge in [0.25, 0.3) is 5.91 Å². The van der Waals surface area contributed by atoms with Crippen molar-refractivity contribution >= 4 is 21.6 Å². The van der Waals surface area contributed by atoms with Crippen LogP contribution in [0.25, 0.3) is 5.69 Å². The molecule has 0 aliphatic rings. The molecule has 1 N–H and O–H groups in total. The van der Waals surface area contributed by atoms with Crippen molar-refractivity contribution in [2.24, 2.45) is 0 Å². The molecule has 0 fully saturated rings. The second-order valence-corrected chi connectivity index (χ2v) is 8.48. The molecule has 28 heavy (non-hydrogen) atoms. The summed E-state index contributed by atoms with van der Waals surface area (Å²) < 4.78 is 26.3. The number of sulfonamides is 1. The molecule has 1 heterocycles. The smallest absolute Gasteiger partial charge is 0.251 e. The minimum Gasteiger partial charge on any atom is -0.348 e. The normalized spacial score (nSPS) is 11.2. The van der Waals surface area contributed by atoms with E-state index in [0.717, 1.165) is 27.6 Å². The Morgan fingerprint density at radius 1 is 1.11 bits per heavy atom. The zero-order valence-corrected chi connectivity index (χ0v) is 16.8. The molecule has 0 aliphatic heterocycles. The summed E-state index contributed by atoms with van der Waals surface area (Å²) in [7, 11) is -1.86. The standard InChI is InChI=1S/C20H22N4O3S/c1-15-21-12-13-24(15)19-8-4-16(5-9-19)14-22-20(25)17-6-10-18(11-7-17)23(2)28(3,26)27/h4-13H,14H2,1-3H3,(H,22,25). The summed E-state index contributed by atoms with van der Waals surface area (Å²) in [6.45, 7) is 2.33. The van der Waals surface area contributed by atoms with Crippen LogP contribution in [0.15, 0.2) is 60.9 Å². The number of amides is 1. The highest BCUT2D eigenvalue weighted by Gasteiger charge is 2.13. The lowest BCUT2D eigenvalue weighted by molar-refractivity contribution is 0.0951. The summed E-state index contributed by atoms with van der Waals surface area (Å²) in [6.07, 6.45) is 4.78. The van der Waals surface area contributed by atoms with Gasteiger partial charge in [-0.3, -0.25) is 9.10 Å². The molecule has 7 nitrogen and oxygen atoms in total. The van der Waals surface area contributed by atoms with E-state index in [-0.39, 0.29) is 5.91 Å². The lowest BCUT2D eigenvalue weighted by Gasteiger charge is -2.16. The third-order valence-corrected chi connectivity index (χ3v) is 5.69. The zero-order chi connectivity index (χ0) is 20.3. The molecule has 0 radical (unpaired) electrons. The molecule has 3 aromatic rings. The van der Waals surface area contributed by atoms with Crippen LogP contribution in [0, 0.1) is 6.92 Å². The van der Waals surface area contributed by atoms with Crippen LogP contribution in [0.1, 0.15) is 21.7 Å². The van der Waals surface area contributed by atoms with Crippen LogP contribution in [0.2, 0.25) is 0 Å². The van der Waals surface area contributed by atoms with Crippen LogP contribution >= 0.6 is 0 Å². The highest BCUT2D eigenvalue weighted by Crippen LogP contribution is 2.16. The fourth-order valence-electron chi connectivity index (χ4n) is 2.72. The SMILES string of the molecule is Cc1nccn1-c1ccc(CNC(=O)c2ccc(N(C)S(C)(=O)=O)cc2)cc1. The Bertz CT molecular complexity index is 1070. The fraction of sp³-hybridized carbons (Fsp3) is 0.200. The van der Waals surface area contributed by atoms with Gasteiger partial charge in [0.15, 0.2) is 0 Å². The monoisotopic (exact) mass is 398 g/mol. The lowest BCUT2D eigenvalue weighted by Crippen LogP contribution is -2.25. The quantitative estimate of drug-likeness (QED) is 0.691. The van der Waals surface area contributed by atoms with Gasteiger partial charge in [0, 0.05) is 37.2 Å². The minimum absolute atomic E-state index is 0.219. The van der Waals surface area contributed by atoms with Gasteiger partial charge in [-0.25, -0.2) is 13.4 Å². The molecule has 146 valence electrons. The Morgan fingerprint density at radius 3 is 2.29 bits per heavy atom. The van der Waals surface area contributed by atoms with Crippen molar-refractivity contribution < 1.29 is 13.2 Å². The van der Waals surface area contributed by atoms with E-state index >= 15 is 0 Å². The largest absolute Gasteiger partial charge is 0.348 e. The summed E-state index contributed by atoms with van der Waals surface area (Å²) in [5, 5.41) is 2.87. The van der Waals surface area contributed by atoms with Gasteiger partial charge in [0.1, 0.15) is 5.82 Å². The average Bonchev–Trinajstić information content (AvgIpc) is 3.11. The van der Waals surface area contributed by atoms with Crippen molar-refractivity contribution in [3.05, 3.63) is 77.9 Å². The van der Waals surface area contributed by atoms with Crippen molar-refractivity contribution in [2.45, 2.75) is 13.5 Å². The molecule has 0 saturated carbocycles. The number of carbonyl (C=O) groups is 1. The van der Waals surface area contributed by atoms with Gasteiger partial charge in [-0.2, -0.15) is 0 Å². The topological polar surface area (TPSA) is 84.3 Å². The zero-order valence-electron chi connectivity index (χ0n) is 16.0. The van der Waals surface area contributed by atoms with Crippen molar-refractivity contribution in [2.75, 3.05) is 17.6 Å². The van der Waals surface area contributed by atoms with E-state index in [2.05, 4.69) is 10.3 Å². The Balaban J connectivity index is 1.62. The van der Waals surface area contributed by atoms with E-state index in [1.165, 1.54) is 7.05 Å². The number of nitrogens with one attached hydrogen (secondary N) is 1. The van der Waals surface area contributed by atoms with Crippen LogP contribution in [0.5, 0.6) is 0 Å². The number of anilines is 1. The number of imidazole rings is 1. The lowest BCUT2D eigenvalue weighted by atomic mass is 10.1. The van der Waals surface area contributed by atoms with Gasteiger partial charge >= 0.3 is 0 Å². The molecule has 1 amide bonds. The number of benzene rings is 2. The maximum absolute atomic E-state index is 12.3. The molecular weight excluding hydrogens is 376 g/mol. The van der Waals surface area contributed by atoms with Crippen LogP contribution < -0.4 is 9.62 Å². The number of carbonyl (C=O) groups excluding carboxylic acids is 1. The van der Waals surface area contributed by atoms with E-state index in [9.17, 15) is 13.2 Å². The third kappa shape index (κ3) is 4.40. The molecule has 0 atom stereocenters. The first-order chi connectivity index (χ1) is 13.3. The molecule has 0 spiro atoms. The Hall–Kier alpha value is -3.13. The highest BCUT2D eigenvalue weighted by atomic mass is 32.2. The van der Waals surface area contributed by atoms with Crippen LogP contribution in [-0.2, 0) is 16.6 Å².